The van der Waals surface area contributed by atoms with E-state index in [2.05, 4.69) is 31.9 Å². The van der Waals surface area contributed by atoms with Crippen LogP contribution in [0.5, 0.6) is 0 Å². The summed E-state index contributed by atoms with van der Waals surface area (Å²) in [5, 5.41) is 0. The molecule has 1 aromatic carbocycles. The molecular formula is C14H18Br2NO2+. The van der Waals surface area contributed by atoms with Crippen molar-refractivity contribution in [3.8, 4) is 0 Å². The van der Waals surface area contributed by atoms with Crippen LogP contribution in [-0.2, 0) is 9.53 Å². The lowest BCUT2D eigenvalue weighted by molar-refractivity contribution is -0.900. The highest BCUT2D eigenvalue weighted by atomic mass is 79.9. The molecule has 1 saturated heterocycles. The summed E-state index contributed by atoms with van der Waals surface area (Å²) in [5.41, 5.74) is 1.12. The van der Waals surface area contributed by atoms with Crippen molar-refractivity contribution in [3.63, 3.8) is 0 Å². The van der Waals surface area contributed by atoms with Gasteiger partial charge in [-0.2, -0.15) is 0 Å². The van der Waals surface area contributed by atoms with Crippen molar-refractivity contribution in [3.05, 3.63) is 35.9 Å². The number of ether oxygens (including phenoxy) is 1. The van der Waals surface area contributed by atoms with E-state index in [0.717, 1.165) is 31.9 Å². The standard InChI is InChI=1S/C14H17Br2NO2/c15-13(11-4-2-1-3-5-11)14(16)12(18)10-17-6-8-19-9-7-17/h1-5,13-14H,6-10H2/p+1/t13-,14+/m0/s1. The Balaban J connectivity index is 1.91. The van der Waals surface area contributed by atoms with Gasteiger partial charge in [-0.3, -0.25) is 4.79 Å². The molecule has 0 bridgehead atoms. The number of halogens is 2. The van der Waals surface area contributed by atoms with E-state index in [1.165, 1.54) is 4.90 Å². The number of benzene rings is 1. The maximum Gasteiger partial charge on any atom is 0.201 e. The van der Waals surface area contributed by atoms with E-state index in [9.17, 15) is 4.79 Å². The topological polar surface area (TPSA) is 30.7 Å². The van der Waals surface area contributed by atoms with E-state index in [0.29, 0.717) is 6.54 Å². The molecule has 0 spiro atoms. The van der Waals surface area contributed by atoms with Crippen LogP contribution < -0.4 is 4.90 Å². The zero-order chi connectivity index (χ0) is 13.7. The third-order valence-electron chi connectivity index (χ3n) is 3.31. The largest absolute Gasteiger partial charge is 0.370 e. The van der Waals surface area contributed by atoms with Gasteiger partial charge in [0.2, 0.25) is 5.78 Å². The number of alkyl halides is 2. The third-order valence-corrected chi connectivity index (χ3v) is 6.11. The van der Waals surface area contributed by atoms with Crippen LogP contribution in [0.3, 0.4) is 0 Å². The number of ketones is 1. The Hall–Kier alpha value is -0.230. The third kappa shape index (κ3) is 4.38. The fourth-order valence-corrected chi connectivity index (χ4v) is 3.22. The normalized spacial score (nSPS) is 19.9. The van der Waals surface area contributed by atoms with E-state index < -0.39 is 0 Å². The van der Waals surface area contributed by atoms with Crippen LogP contribution in [0.1, 0.15) is 10.4 Å². The molecule has 1 heterocycles. The highest BCUT2D eigenvalue weighted by Crippen LogP contribution is 2.31. The van der Waals surface area contributed by atoms with Crippen LogP contribution in [0.15, 0.2) is 30.3 Å². The zero-order valence-corrected chi connectivity index (χ0v) is 13.8. The van der Waals surface area contributed by atoms with Gasteiger partial charge >= 0.3 is 0 Å². The molecule has 1 fully saturated rings. The number of hydrogen-bond acceptors (Lipinski definition) is 2. The molecule has 1 aliphatic heterocycles. The second kappa shape index (κ2) is 7.53. The highest BCUT2D eigenvalue weighted by molar-refractivity contribution is 9.12. The number of carbonyl (C=O) groups is 1. The minimum atomic E-state index is -0.190. The molecule has 0 unspecified atom stereocenters. The maximum absolute atomic E-state index is 12.3. The van der Waals surface area contributed by atoms with E-state index in [1.807, 2.05) is 30.3 Å². The molecule has 0 radical (unpaired) electrons. The maximum atomic E-state index is 12.3. The second-order valence-corrected chi connectivity index (χ2v) is 6.69. The van der Waals surface area contributed by atoms with Gasteiger partial charge in [0, 0.05) is 0 Å². The van der Waals surface area contributed by atoms with Crippen LogP contribution in [0.25, 0.3) is 0 Å². The zero-order valence-electron chi connectivity index (χ0n) is 10.6. The van der Waals surface area contributed by atoms with Crippen molar-refractivity contribution in [2.45, 2.75) is 9.65 Å². The molecule has 0 aromatic heterocycles. The van der Waals surface area contributed by atoms with Crippen LogP contribution in [-0.4, -0.2) is 43.5 Å². The quantitative estimate of drug-likeness (QED) is 0.768. The van der Waals surface area contributed by atoms with Gasteiger partial charge in [0.1, 0.15) is 19.6 Å². The molecule has 5 heteroatoms. The minimum Gasteiger partial charge on any atom is -0.370 e. The monoisotopic (exact) mass is 390 g/mol. The molecule has 1 aliphatic rings. The van der Waals surface area contributed by atoms with Gasteiger partial charge in [-0.05, 0) is 5.56 Å². The predicted octanol–water partition coefficient (Wildman–Crippen LogP) is 1.37. The number of quaternary nitrogens is 1. The van der Waals surface area contributed by atoms with Gasteiger partial charge in [-0.1, -0.05) is 62.2 Å². The summed E-state index contributed by atoms with van der Waals surface area (Å²) in [7, 11) is 0. The van der Waals surface area contributed by atoms with Crippen LogP contribution in [0.2, 0.25) is 0 Å². The summed E-state index contributed by atoms with van der Waals surface area (Å²) >= 11 is 7.15. The first kappa shape index (κ1) is 15.2. The number of rotatable bonds is 5. The van der Waals surface area contributed by atoms with Gasteiger partial charge in [0.15, 0.2) is 0 Å². The van der Waals surface area contributed by atoms with Crippen molar-refractivity contribution in [1.82, 2.24) is 0 Å². The molecule has 0 amide bonds. The fourth-order valence-electron chi connectivity index (χ4n) is 2.15. The second-order valence-electron chi connectivity index (χ2n) is 4.72. The summed E-state index contributed by atoms with van der Waals surface area (Å²) in [6.07, 6.45) is 0. The molecule has 0 aliphatic carbocycles. The van der Waals surface area contributed by atoms with Crippen LogP contribution >= 0.6 is 31.9 Å². The summed E-state index contributed by atoms with van der Waals surface area (Å²) in [6, 6.07) is 10.0. The van der Waals surface area contributed by atoms with Gasteiger partial charge < -0.3 is 9.64 Å². The Bertz CT molecular complexity index is 407. The fraction of sp³-hybridized carbons (Fsp3) is 0.500. The number of Topliss-reactive ketones (excluding diaryl/α,β-unsaturated/α-hetero) is 1. The average Bonchev–Trinajstić information content (AvgIpc) is 2.47. The smallest absolute Gasteiger partial charge is 0.201 e. The van der Waals surface area contributed by atoms with Gasteiger partial charge in [0.05, 0.1) is 22.9 Å². The summed E-state index contributed by atoms with van der Waals surface area (Å²) in [5.74, 6) is 0.239. The summed E-state index contributed by atoms with van der Waals surface area (Å²) < 4.78 is 5.31. The molecule has 3 nitrogen and oxygen atoms in total. The Morgan fingerprint density at radius 2 is 1.84 bits per heavy atom. The first-order chi connectivity index (χ1) is 9.18. The minimum absolute atomic E-state index is 0.0154. The Labute approximate surface area is 130 Å². The van der Waals surface area contributed by atoms with Gasteiger partial charge in [-0.15, -0.1) is 0 Å². The molecule has 0 saturated carbocycles. The van der Waals surface area contributed by atoms with Crippen molar-refractivity contribution in [2.24, 2.45) is 0 Å². The van der Waals surface area contributed by atoms with Crippen molar-refractivity contribution in [2.75, 3.05) is 32.8 Å². The van der Waals surface area contributed by atoms with E-state index >= 15 is 0 Å². The van der Waals surface area contributed by atoms with E-state index in [4.69, 9.17) is 4.74 Å². The molecule has 2 rings (SSSR count). The van der Waals surface area contributed by atoms with Crippen LogP contribution in [0, 0.1) is 0 Å². The van der Waals surface area contributed by atoms with Gasteiger partial charge in [-0.25, -0.2) is 0 Å². The van der Waals surface area contributed by atoms with Gasteiger partial charge in [0.25, 0.3) is 0 Å². The molecule has 1 aromatic rings. The van der Waals surface area contributed by atoms with Crippen molar-refractivity contribution >= 4 is 37.6 Å². The lowest BCUT2D eigenvalue weighted by atomic mass is 10.1. The first-order valence-corrected chi connectivity index (χ1v) is 8.28. The molecule has 1 N–H and O–H groups in total. The Morgan fingerprint density at radius 1 is 1.21 bits per heavy atom. The van der Waals surface area contributed by atoms with Crippen LogP contribution in [0.4, 0.5) is 0 Å². The number of hydrogen-bond donors (Lipinski definition) is 1. The van der Waals surface area contributed by atoms with E-state index in [1.54, 1.807) is 0 Å². The highest BCUT2D eigenvalue weighted by Gasteiger charge is 2.28. The number of carbonyl (C=O) groups excluding carboxylic acids is 1. The number of morpholine rings is 1. The average molecular weight is 392 g/mol. The predicted molar refractivity (Wildman–Crippen MR) is 82.2 cm³/mol. The Morgan fingerprint density at radius 3 is 2.47 bits per heavy atom. The molecule has 104 valence electrons. The molecular weight excluding hydrogens is 374 g/mol. The lowest BCUT2D eigenvalue weighted by Gasteiger charge is -2.25. The van der Waals surface area contributed by atoms with Crippen molar-refractivity contribution < 1.29 is 14.4 Å². The van der Waals surface area contributed by atoms with E-state index in [-0.39, 0.29) is 15.4 Å². The number of nitrogens with one attached hydrogen (secondary N) is 1. The Kier molecular flexibility index (Phi) is 6.01. The first-order valence-electron chi connectivity index (χ1n) is 6.45. The summed E-state index contributed by atoms with van der Waals surface area (Å²) in [4.78, 5) is 13.4. The SMILES string of the molecule is O=C(C[NH+]1CCOCC1)[C@@H](Br)[C@@H](Br)c1ccccc1. The lowest BCUT2D eigenvalue weighted by Crippen LogP contribution is -3.15. The van der Waals surface area contributed by atoms with Crippen molar-refractivity contribution in [1.29, 1.82) is 0 Å². The molecule has 2 atom stereocenters. The molecule has 19 heavy (non-hydrogen) atoms. The summed E-state index contributed by atoms with van der Waals surface area (Å²) in [6.45, 7) is 3.92.